The van der Waals surface area contributed by atoms with Gasteiger partial charge in [0.25, 0.3) is 0 Å². The van der Waals surface area contributed by atoms with Gasteiger partial charge in [0.05, 0.1) is 11.0 Å². The first-order valence-corrected chi connectivity index (χ1v) is 5.47. The molecule has 2 N–H and O–H groups in total. The minimum Gasteiger partial charge on any atom is -0.390 e. The Morgan fingerprint density at radius 3 is 2.94 bits per heavy atom. The molecule has 2 unspecified atom stereocenters. The highest BCUT2D eigenvalue weighted by molar-refractivity contribution is 7.11. The summed E-state index contributed by atoms with van der Waals surface area (Å²) >= 11 is 1.20. The van der Waals surface area contributed by atoms with Crippen molar-refractivity contribution in [2.45, 2.75) is 18.6 Å². The summed E-state index contributed by atoms with van der Waals surface area (Å²) in [6.45, 7) is 0.124. The molecule has 7 heteroatoms. The molecule has 0 saturated heterocycles. The third-order valence-corrected chi connectivity index (χ3v) is 2.93. The average molecular weight is 241 g/mol. The van der Waals surface area contributed by atoms with Crippen molar-refractivity contribution >= 4 is 17.6 Å². The summed E-state index contributed by atoms with van der Waals surface area (Å²) in [6, 6.07) is 1.53. The van der Waals surface area contributed by atoms with Gasteiger partial charge in [-0.2, -0.15) is 0 Å². The summed E-state index contributed by atoms with van der Waals surface area (Å²) in [5.41, 5.74) is 8.55. The lowest BCUT2D eigenvalue weighted by atomic mass is 10.1. The van der Waals surface area contributed by atoms with E-state index in [9.17, 15) is 15.0 Å². The molecule has 0 spiro atoms. The molecule has 1 heterocycles. The number of hydrogen-bond donors (Lipinski definition) is 2. The number of aliphatic hydroxyl groups excluding tert-OH is 2. The number of azide groups is 1. The van der Waals surface area contributed by atoms with Crippen LogP contribution in [0.5, 0.6) is 0 Å². The molecule has 1 aromatic heterocycles. The number of hydrogen-bond acceptors (Lipinski definition) is 5. The van der Waals surface area contributed by atoms with E-state index in [4.69, 9.17) is 5.53 Å². The van der Waals surface area contributed by atoms with Crippen LogP contribution in [0.25, 0.3) is 10.4 Å². The van der Waals surface area contributed by atoms with Gasteiger partial charge in [-0.15, -0.1) is 11.3 Å². The molecular formula is C9H11N3O3S. The van der Waals surface area contributed by atoms with Crippen LogP contribution in [0.4, 0.5) is 0 Å². The monoisotopic (exact) mass is 241 g/mol. The second-order valence-corrected chi connectivity index (χ2v) is 4.10. The number of aliphatic hydroxyl groups is 2. The number of rotatable bonds is 6. The third kappa shape index (κ3) is 3.32. The van der Waals surface area contributed by atoms with Crippen molar-refractivity contribution in [2.75, 3.05) is 6.54 Å². The first kappa shape index (κ1) is 12.7. The lowest BCUT2D eigenvalue weighted by Crippen LogP contribution is -2.18. The Kier molecular flexibility index (Phi) is 4.94. The van der Waals surface area contributed by atoms with Gasteiger partial charge in [-0.3, -0.25) is 4.79 Å². The van der Waals surface area contributed by atoms with Crippen molar-refractivity contribution in [3.63, 3.8) is 0 Å². The van der Waals surface area contributed by atoms with Gasteiger partial charge in [-0.1, -0.05) is 5.11 Å². The molecule has 0 aliphatic heterocycles. The van der Waals surface area contributed by atoms with Crippen LogP contribution in [0.15, 0.2) is 16.6 Å². The fourth-order valence-electron chi connectivity index (χ4n) is 1.20. The topological polar surface area (TPSA) is 106 Å². The number of carbonyl (C=O) groups excluding carboxylic acids is 1. The highest BCUT2D eigenvalue weighted by Crippen LogP contribution is 2.23. The van der Waals surface area contributed by atoms with Gasteiger partial charge in [0.15, 0.2) is 6.29 Å². The summed E-state index contributed by atoms with van der Waals surface area (Å²) in [5, 5.41) is 24.1. The summed E-state index contributed by atoms with van der Waals surface area (Å²) in [6.07, 6.45) is -1.19. The molecule has 0 aromatic carbocycles. The van der Waals surface area contributed by atoms with Crippen molar-refractivity contribution in [1.29, 1.82) is 0 Å². The van der Waals surface area contributed by atoms with Crippen LogP contribution in [0, 0.1) is 0 Å². The van der Waals surface area contributed by atoms with Gasteiger partial charge in [0.1, 0.15) is 6.10 Å². The van der Waals surface area contributed by atoms with Gasteiger partial charge < -0.3 is 10.2 Å². The zero-order valence-electron chi connectivity index (χ0n) is 8.35. The van der Waals surface area contributed by atoms with E-state index in [1.807, 2.05) is 0 Å². The average Bonchev–Trinajstić information content (AvgIpc) is 2.76. The molecule has 2 atom stereocenters. The fourth-order valence-corrected chi connectivity index (χ4v) is 1.94. The van der Waals surface area contributed by atoms with Gasteiger partial charge in [-0.25, -0.2) is 0 Å². The van der Waals surface area contributed by atoms with Gasteiger partial charge >= 0.3 is 0 Å². The fraction of sp³-hybridized carbons (Fsp3) is 0.444. The van der Waals surface area contributed by atoms with Crippen molar-refractivity contribution in [1.82, 2.24) is 0 Å². The van der Waals surface area contributed by atoms with Crippen LogP contribution >= 0.6 is 11.3 Å². The maximum Gasteiger partial charge on any atom is 0.160 e. The molecule has 6 nitrogen and oxygen atoms in total. The smallest absolute Gasteiger partial charge is 0.160 e. The van der Waals surface area contributed by atoms with Crippen LogP contribution in [-0.2, 0) is 0 Å². The molecular weight excluding hydrogens is 230 g/mol. The number of nitrogens with zero attached hydrogens (tertiary/aromatic N) is 3. The van der Waals surface area contributed by atoms with Crippen LogP contribution in [0.2, 0.25) is 0 Å². The summed E-state index contributed by atoms with van der Waals surface area (Å²) in [4.78, 5) is 13.5. The quantitative estimate of drug-likeness (QED) is 0.342. The number of aldehydes is 1. The Morgan fingerprint density at radius 2 is 2.38 bits per heavy atom. The zero-order chi connectivity index (χ0) is 12.0. The molecule has 86 valence electrons. The van der Waals surface area contributed by atoms with E-state index >= 15 is 0 Å². The Hall–Kier alpha value is -1.40. The molecule has 0 radical (unpaired) electrons. The Morgan fingerprint density at radius 1 is 1.62 bits per heavy atom. The first-order chi connectivity index (χ1) is 7.69. The van der Waals surface area contributed by atoms with E-state index in [1.165, 1.54) is 17.4 Å². The maximum absolute atomic E-state index is 10.4. The highest BCUT2D eigenvalue weighted by atomic mass is 32.1. The maximum atomic E-state index is 10.4. The summed E-state index contributed by atoms with van der Waals surface area (Å²) in [7, 11) is 0. The van der Waals surface area contributed by atoms with Crippen LogP contribution in [0.3, 0.4) is 0 Å². The van der Waals surface area contributed by atoms with Gasteiger partial charge in [-0.05, 0) is 29.0 Å². The molecule has 0 bridgehead atoms. The minimum atomic E-state index is -1.06. The van der Waals surface area contributed by atoms with Crippen LogP contribution in [-0.4, -0.2) is 29.1 Å². The van der Waals surface area contributed by atoms with E-state index < -0.39 is 12.2 Å². The number of carbonyl (C=O) groups is 1. The van der Waals surface area contributed by atoms with Crippen molar-refractivity contribution in [3.05, 3.63) is 32.3 Å². The number of thiophene rings is 1. The van der Waals surface area contributed by atoms with E-state index in [1.54, 1.807) is 5.38 Å². The molecule has 0 aliphatic rings. The van der Waals surface area contributed by atoms with Gasteiger partial charge in [0.2, 0.25) is 0 Å². The highest BCUT2D eigenvalue weighted by Gasteiger charge is 2.18. The Labute approximate surface area is 95.8 Å². The molecule has 0 aliphatic carbocycles. The Balaban J connectivity index is 2.58. The zero-order valence-corrected chi connectivity index (χ0v) is 9.17. The van der Waals surface area contributed by atoms with E-state index in [0.717, 1.165) is 0 Å². The second kappa shape index (κ2) is 6.24. The van der Waals surface area contributed by atoms with Crippen LogP contribution in [0.1, 0.15) is 27.8 Å². The second-order valence-electron chi connectivity index (χ2n) is 3.16. The van der Waals surface area contributed by atoms with Crippen LogP contribution < -0.4 is 0 Å². The predicted octanol–water partition coefficient (Wildman–Crippen LogP) is 1.66. The van der Waals surface area contributed by atoms with E-state index in [-0.39, 0.29) is 13.0 Å². The molecule has 0 saturated carbocycles. The molecule has 0 fully saturated rings. The molecule has 1 aromatic rings. The standard InChI is InChI=1S/C9H11N3O3S/c10-12-11-2-1-8(14)9(15)6-3-7(4-13)16-5-6/h3-5,8-9,14-15H,1-2H2. The SMILES string of the molecule is [N-]=[N+]=NCCC(O)C(O)c1csc(C=O)c1. The predicted molar refractivity (Wildman–Crippen MR) is 59.3 cm³/mol. The molecule has 16 heavy (non-hydrogen) atoms. The van der Waals surface area contributed by atoms with Crippen molar-refractivity contribution in [2.24, 2.45) is 5.11 Å². The summed E-state index contributed by atoms with van der Waals surface area (Å²) < 4.78 is 0. The van der Waals surface area contributed by atoms with Crippen molar-refractivity contribution < 1.29 is 15.0 Å². The van der Waals surface area contributed by atoms with Crippen molar-refractivity contribution in [3.8, 4) is 0 Å². The molecule has 0 amide bonds. The summed E-state index contributed by atoms with van der Waals surface area (Å²) in [5.74, 6) is 0. The molecule has 1 rings (SSSR count). The van der Waals surface area contributed by atoms with E-state index in [2.05, 4.69) is 10.0 Å². The van der Waals surface area contributed by atoms with Gasteiger partial charge in [0, 0.05) is 11.5 Å². The third-order valence-electron chi connectivity index (χ3n) is 2.05. The van der Waals surface area contributed by atoms with E-state index in [0.29, 0.717) is 16.7 Å². The lowest BCUT2D eigenvalue weighted by Gasteiger charge is -2.15. The first-order valence-electron chi connectivity index (χ1n) is 4.59. The largest absolute Gasteiger partial charge is 0.390 e. The lowest BCUT2D eigenvalue weighted by molar-refractivity contribution is 0.0153. The Bertz CT molecular complexity index is 400. The minimum absolute atomic E-state index is 0.124. The normalized spacial score (nSPS) is 13.9.